The van der Waals surface area contributed by atoms with Crippen molar-refractivity contribution in [3.63, 3.8) is 0 Å². The summed E-state index contributed by atoms with van der Waals surface area (Å²) in [5, 5.41) is 2.61. The maximum atomic E-state index is 11.7. The van der Waals surface area contributed by atoms with Gasteiger partial charge in [-0.15, -0.1) is 0 Å². The van der Waals surface area contributed by atoms with Gasteiger partial charge < -0.3 is 15.8 Å². The molecule has 0 bridgehead atoms. The number of rotatable bonds is 7. The topological polar surface area (TPSA) is 81.4 Å². The second kappa shape index (κ2) is 8.10. The highest BCUT2D eigenvalue weighted by Gasteiger charge is 2.21. The van der Waals surface area contributed by atoms with Crippen molar-refractivity contribution in [3.8, 4) is 0 Å². The Balaban J connectivity index is 4.15. The van der Waals surface area contributed by atoms with E-state index in [1.807, 2.05) is 6.92 Å². The van der Waals surface area contributed by atoms with Crippen molar-refractivity contribution in [2.45, 2.75) is 39.7 Å². The first-order chi connectivity index (χ1) is 7.56. The van der Waals surface area contributed by atoms with E-state index in [4.69, 9.17) is 10.5 Å². The molecule has 0 aliphatic heterocycles. The number of hydrogen-bond donors (Lipinski definition) is 2. The van der Waals surface area contributed by atoms with E-state index >= 15 is 0 Å². The van der Waals surface area contributed by atoms with E-state index in [-0.39, 0.29) is 11.8 Å². The van der Waals surface area contributed by atoms with Gasteiger partial charge >= 0.3 is 5.97 Å². The molecule has 5 heteroatoms. The number of ether oxygens (including phenoxy) is 1. The van der Waals surface area contributed by atoms with Gasteiger partial charge in [0.25, 0.3) is 0 Å². The van der Waals surface area contributed by atoms with Crippen LogP contribution in [0.4, 0.5) is 0 Å². The van der Waals surface area contributed by atoms with Crippen LogP contribution in [0, 0.1) is 5.92 Å². The standard InChI is InChI=1S/C11H22N2O3/c1-4-6-9(7-12)10(14)13-8(3)11(15)16-5-2/h8-9H,4-7,12H2,1-3H3,(H,13,14). The zero-order valence-electron chi connectivity index (χ0n) is 10.3. The van der Waals surface area contributed by atoms with E-state index in [9.17, 15) is 9.59 Å². The van der Waals surface area contributed by atoms with Gasteiger partial charge in [0, 0.05) is 6.54 Å². The molecular weight excluding hydrogens is 208 g/mol. The first-order valence-electron chi connectivity index (χ1n) is 5.73. The largest absolute Gasteiger partial charge is 0.464 e. The molecule has 2 atom stereocenters. The second-order valence-corrected chi connectivity index (χ2v) is 3.70. The van der Waals surface area contributed by atoms with Crippen molar-refractivity contribution in [2.24, 2.45) is 11.7 Å². The van der Waals surface area contributed by atoms with Gasteiger partial charge in [0.05, 0.1) is 12.5 Å². The Morgan fingerprint density at radius 2 is 2.00 bits per heavy atom. The summed E-state index contributed by atoms with van der Waals surface area (Å²) in [6.45, 7) is 5.94. The summed E-state index contributed by atoms with van der Waals surface area (Å²) in [7, 11) is 0. The van der Waals surface area contributed by atoms with Crippen molar-refractivity contribution in [1.29, 1.82) is 0 Å². The van der Waals surface area contributed by atoms with E-state index in [1.165, 1.54) is 0 Å². The zero-order valence-corrected chi connectivity index (χ0v) is 10.3. The smallest absolute Gasteiger partial charge is 0.328 e. The lowest BCUT2D eigenvalue weighted by molar-refractivity contribution is -0.147. The highest BCUT2D eigenvalue weighted by Crippen LogP contribution is 2.05. The summed E-state index contributed by atoms with van der Waals surface area (Å²) in [4.78, 5) is 23.0. The molecule has 0 aliphatic rings. The molecule has 0 saturated heterocycles. The minimum atomic E-state index is -0.613. The molecule has 0 aromatic heterocycles. The maximum Gasteiger partial charge on any atom is 0.328 e. The fourth-order valence-corrected chi connectivity index (χ4v) is 1.36. The molecule has 0 spiro atoms. The third-order valence-electron chi connectivity index (χ3n) is 2.29. The third-order valence-corrected chi connectivity index (χ3v) is 2.29. The number of carbonyl (C=O) groups is 2. The fourth-order valence-electron chi connectivity index (χ4n) is 1.36. The number of nitrogens with two attached hydrogens (primary N) is 1. The van der Waals surface area contributed by atoms with Crippen molar-refractivity contribution in [1.82, 2.24) is 5.32 Å². The Morgan fingerprint density at radius 1 is 1.38 bits per heavy atom. The first-order valence-corrected chi connectivity index (χ1v) is 5.73. The highest BCUT2D eigenvalue weighted by atomic mass is 16.5. The van der Waals surface area contributed by atoms with Gasteiger partial charge in [0.15, 0.2) is 0 Å². The number of carbonyl (C=O) groups excluding carboxylic acids is 2. The minimum Gasteiger partial charge on any atom is -0.464 e. The van der Waals surface area contributed by atoms with Crippen molar-refractivity contribution in [2.75, 3.05) is 13.2 Å². The number of esters is 1. The molecule has 0 aromatic carbocycles. The van der Waals surface area contributed by atoms with Gasteiger partial charge in [0.1, 0.15) is 6.04 Å². The van der Waals surface area contributed by atoms with Crippen LogP contribution in [-0.2, 0) is 14.3 Å². The Bertz CT molecular complexity index is 231. The second-order valence-electron chi connectivity index (χ2n) is 3.70. The van der Waals surface area contributed by atoms with Crippen LogP contribution in [0.15, 0.2) is 0 Å². The van der Waals surface area contributed by atoms with E-state index in [1.54, 1.807) is 13.8 Å². The number of hydrogen-bond acceptors (Lipinski definition) is 4. The van der Waals surface area contributed by atoms with Gasteiger partial charge in [-0.2, -0.15) is 0 Å². The Morgan fingerprint density at radius 3 is 2.44 bits per heavy atom. The number of nitrogens with one attached hydrogen (secondary N) is 1. The van der Waals surface area contributed by atoms with E-state index in [2.05, 4.69) is 5.32 Å². The zero-order chi connectivity index (χ0) is 12.6. The molecule has 1 amide bonds. The predicted molar refractivity (Wildman–Crippen MR) is 61.7 cm³/mol. The van der Waals surface area contributed by atoms with Gasteiger partial charge in [-0.3, -0.25) is 4.79 Å². The lowest BCUT2D eigenvalue weighted by atomic mass is 10.0. The van der Waals surface area contributed by atoms with Crippen molar-refractivity contribution in [3.05, 3.63) is 0 Å². The molecule has 0 rings (SSSR count). The Hall–Kier alpha value is -1.10. The normalized spacial score (nSPS) is 14.0. The molecule has 0 saturated carbocycles. The Kier molecular flexibility index (Phi) is 7.54. The minimum absolute atomic E-state index is 0.176. The summed E-state index contributed by atoms with van der Waals surface area (Å²) < 4.78 is 4.79. The Labute approximate surface area is 96.7 Å². The summed E-state index contributed by atoms with van der Waals surface area (Å²) in [6, 6.07) is -0.613. The highest BCUT2D eigenvalue weighted by molar-refractivity contribution is 5.85. The van der Waals surface area contributed by atoms with Gasteiger partial charge in [-0.25, -0.2) is 4.79 Å². The van der Waals surface area contributed by atoms with Gasteiger partial charge in [-0.05, 0) is 20.3 Å². The lowest BCUT2D eigenvalue weighted by Crippen LogP contribution is -2.44. The number of amides is 1. The molecule has 3 N–H and O–H groups in total. The molecular formula is C11H22N2O3. The summed E-state index contributed by atoms with van der Waals surface area (Å²) in [5.74, 6) is -0.810. The molecule has 2 unspecified atom stereocenters. The molecule has 0 aliphatic carbocycles. The average molecular weight is 230 g/mol. The van der Waals surface area contributed by atoms with Crippen LogP contribution in [0.25, 0.3) is 0 Å². The molecule has 0 fully saturated rings. The SMILES string of the molecule is CCCC(CN)C(=O)NC(C)C(=O)OCC. The summed E-state index contributed by atoms with van der Waals surface area (Å²) in [5.41, 5.74) is 5.49. The van der Waals surface area contributed by atoms with Crippen molar-refractivity contribution < 1.29 is 14.3 Å². The predicted octanol–water partition coefficient (Wildman–Crippen LogP) is 0.429. The molecule has 0 aromatic rings. The first kappa shape index (κ1) is 14.9. The van der Waals surface area contributed by atoms with Crippen LogP contribution in [-0.4, -0.2) is 31.1 Å². The molecule has 0 radical (unpaired) electrons. The van der Waals surface area contributed by atoms with Crippen LogP contribution in [0.1, 0.15) is 33.6 Å². The lowest BCUT2D eigenvalue weighted by Gasteiger charge is -2.17. The van der Waals surface area contributed by atoms with Crippen molar-refractivity contribution >= 4 is 11.9 Å². The van der Waals surface area contributed by atoms with Gasteiger partial charge in [0.2, 0.25) is 5.91 Å². The monoisotopic (exact) mass is 230 g/mol. The maximum absolute atomic E-state index is 11.7. The van der Waals surface area contributed by atoms with Gasteiger partial charge in [-0.1, -0.05) is 13.3 Å². The molecule has 5 nitrogen and oxygen atoms in total. The average Bonchev–Trinajstić information content (AvgIpc) is 2.25. The van der Waals surface area contributed by atoms with Crippen LogP contribution in [0.5, 0.6) is 0 Å². The summed E-state index contributed by atoms with van der Waals surface area (Å²) in [6.07, 6.45) is 1.63. The third kappa shape index (κ3) is 5.11. The van der Waals surface area contributed by atoms with Crippen LogP contribution >= 0.6 is 0 Å². The fraction of sp³-hybridized carbons (Fsp3) is 0.818. The van der Waals surface area contributed by atoms with E-state index < -0.39 is 12.0 Å². The van der Waals surface area contributed by atoms with Crippen LogP contribution < -0.4 is 11.1 Å². The van der Waals surface area contributed by atoms with E-state index in [0.717, 1.165) is 12.8 Å². The van der Waals surface area contributed by atoms with Crippen LogP contribution in [0.2, 0.25) is 0 Å². The quantitative estimate of drug-likeness (QED) is 0.621. The van der Waals surface area contributed by atoms with E-state index in [0.29, 0.717) is 13.2 Å². The molecule has 0 heterocycles. The van der Waals surface area contributed by atoms with Crippen LogP contribution in [0.3, 0.4) is 0 Å². The molecule has 94 valence electrons. The molecule has 16 heavy (non-hydrogen) atoms. The summed E-state index contributed by atoms with van der Waals surface area (Å²) >= 11 is 0.